The topological polar surface area (TPSA) is 23.5 Å². The van der Waals surface area contributed by atoms with E-state index in [4.69, 9.17) is 0 Å². The molecule has 0 saturated carbocycles. The van der Waals surface area contributed by atoms with Crippen molar-refractivity contribution in [1.82, 2.24) is 4.90 Å². The molecule has 0 radical (unpaired) electrons. The minimum Gasteiger partial charge on any atom is -0.508 e. The summed E-state index contributed by atoms with van der Waals surface area (Å²) >= 11 is 0. The minimum atomic E-state index is -0.301. The molecule has 2 nitrogen and oxygen atoms in total. The highest BCUT2D eigenvalue weighted by molar-refractivity contribution is 5.35. The number of aromatic hydroxyl groups is 1. The summed E-state index contributed by atoms with van der Waals surface area (Å²) in [6, 6.07) is 12.7. The zero-order valence-corrected chi connectivity index (χ0v) is 12.2. The van der Waals surface area contributed by atoms with Crippen molar-refractivity contribution in [1.29, 1.82) is 0 Å². The van der Waals surface area contributed by atoms with E-state index < -0.39 is 0 Å². The predicted molar refractivity (Wildman–Crippen MR) is 81.7 cm³/mol. The van der Waals surface area contributed by atoms with Crippen molar-refractivity contribution in [2.24, 2.45) is 0 Å². The predicted octanol–water partition coefficient (Wildman–Crippen LogP) is 4.04. The monoisotopic (exact) mass is 285 g/mol. The third kappa shape index (κ3) is 2.93. The molecule has 2 aromatic rings. The van der Waals surface area contributed by atoms with Crippen LogP contribution in [0.25, 0.3) is 0 Å². The first-order valence-electron chi connectivity index (χ1n) is 7.44. The van der Waals surface area contributed by atoms with Crippen molar-refractivity contribution in [2.45, 2.75) is 32.4 Å². The first-order chi connectivity index (χ1) is 10.1. The Hall–Kier alpha value is -1.87. The summed E-state index contributed by atoms with van der Waals surface area (Å²) in [6.45, 7) is 3.82. The van der Waals surface area contributed by atoms with Crippen molar-refractivity contribution in [3.05, 3.63) is 65.0 Å². The molecule has 0 aliphatic carbocycles. The number of benzene rings is 2. The Balaban J connectivity index is 1.88. The molecule has 1 N–H and O–H groups in total. The maximum Gasteiger partial charge on any atom is 0.123 e. The largest absolute Gasteiger partial charge is 0.508 e. The number of aryl methyl sites for hydroxylation is 1. The van der Waals surface area contributed by atoms with Crippen LogP contribution in [0.2, 0.25) is 0 Å². The van der Waals surface area contributed by atoms with Gasteiger partial charge in [0.05, 0.1) is 0 Å². The fraction of sp³-hybridized carbons (Fsp3) is 0.333. The highest BCUT2D eigenvalue weighted by Gasteiger charge is 2.22. The van der Waals surface area contributed by atoms with Crippen LogP contribution in [0.1, 0.15) is 36.1 Å². The fourth-order valence-electron chi connectivity index (χ4n) is 3.11. The maximum absolute atomic E-state index is 13.5. The lowest BCUT2D eigenvalue weighted by Crippen LogP contribution is -2.26. The Morgan fingerprint density at radius 2 is 1.90 bits per heavy atom. The number of hydrogen-bond donors (Lipinski definition) is 1. The minimum absolute atomic E-state index is 0.00754. The van der Waals surface area contributed by atoms with E-state index in [9.17, 15) is 9.50 Å². The molecule has 1 aliphatic heterocycles. The summed E-state index contributed by atoms with van der Waals surface area (Å²) in [5.74, 6) is -0.133. The van der Waals surface area contributed by atoms with Crippen LogP contribution >= 0.6 is 0 Å². The normalized spacial score (nSPS) is 17.0. The van der Waals surface area contributed by atoms with Gasteiger partial charge >= 0.3 is 0 Å². The van der Waals surface area contributed by atoms with Gasteiger partial charge in [0.25, 0.3) is 0 Å². The number of nitrogens with zero attached hydrogens (tertiary/aromatic N) is 1. The second-order valence-corrected chi connectivity index (χ2v) is 5.72. The first kappa shape index (κ1) is 14.1. The third-order valence-electron chi connectivity index (χ3n) is 4.37. The quantitative estimate of drug-likeness (QED) is 0.900. The van der Waals surface area contributed by atoms with E-state index in [0.29, 0.717) is 5.56 Å². The third-order valence-corrected chi connectivity index (χ3v) is 4.37. The van der Waals surface area contributed by atoms with Gasteiger partial charge in [0.1, 0.15) is 11.6 Å². The van der Waals surface area contributed by atoms with Gasteiger partial charge in [-0.15, -0.1) is 0 Å². The second-order valence-electron chi connectivity index (χ2n) is 5.72. The summed E-state index contributed by atoms with van der Waals surface area (Å²) in [5.41, 5.74) is 3.39. The van der Waals surface area contributed by atoms with Crippen LogP contribution in [0.4, 0.5) is 4.39 Å². The molecule has 2 aromatic carbocycles. The van der Waals surface area contributed by atoms with Gasteiger partial charge in [-0.3, -0.25) is 4.90 Å². The van der Waals surface area contributed by atoms with Crippen LogP contribution in [0.5, 0.6) is 5.75 Å². The summed E-state index contributed by atoms with van der Waals surface area (Å²) in [6.07, 6.45) is 2.16. The van der Waals surface area contributed by atoms with Gasteiger partial charge in [-0.05, 0) is 55.6 Å². The lowest BCUT2D eigenvalue weighted by atomic mass is 10.0. The lowest BCUT2D eigenvalue weighted by Gasteiger charge is -2.28. The Morgan fingerprint density at radius 1 is 1.14 bits per heavy atom. The van der Waals surface area contributed by atoms with Gasteiger partial charge in [-0.2, -0.15) is 0 Å². The maximum atomic E-state index is 13.5. The molecule has 0 bridgehead atoms. The van der Waals surface area contributed by atoms with Gasteiger partial charge < -0.3 is 5.11 Å². The molecule has 1 unspecified atom stereocenters. The average Bonchev–Trinajstić information content (AvgIpc) is 2.71. The summed E-state index contributed by atoms with van der Waals surface area (Å²) < 4.78 is 13.5. The van der Waals surface area contributed by atoms with Crippen molar-refractivity contribution in [3.63, 3.8) is 0 Å². The fourth-order valence-corrected chi connectivity index (χ4v) is 3.11. The van der Waals surface area contributed by atoms with Crippen molar-refractivity contribution in [3.8, 4) is 5.75 Å². The molecule has 0 spiro atoms. The molecule has 0 saturated heterocycles. The van der Waals surface area contributed by atoms with Crippen LogP contribution in [-0.2, 0) is 13.0 Å². The molecule has 1 aliphatic rings. The zero-order chi connectivity index (χ0) is 14.8. The molecule has 110 valence electrons. The van der Waals surface area contributed by atoms with Gasteiger partial charge in [-0.1, -0.05) is 24.3 Å². The van der Waals surface area contributed by atoms with Crippen molar-refractivity contribution in [2.75, 3.05) is 6.54 Å². The molecule has 21 heavy (non-hydrogen) atoms. The van der Waals surface area contributed by atoms with Gasteiger partial charge in [0, 0.05) is 18.2 Å². The van der Waals surface area contributed by atoms with Crippen LogP contribution in [-0.4, -0.2) is 16.6 Å². The van der Waals surface area contributed by atoms with Crippen LogP contribution < -0.4 is 0 Å². The Kier molecular flexibility index (Phi) is 3.93. The Bertz CT molecular complexity index is 641. The molecule has 3 heteroatoms. The molecule has 0 aromatic heterocycles. The van der Waals surface area contributed by atoms with Crippen molar-refractivity contribution >= 4 is 0 Å². The molecule has 0 fully saturated rings. The zero-order valence-electron chi connectivity index (χ0n) is 12.2. The molecular formula is C18H20FNO. The first-order valence-corrected chi connectivity index (χ1v) is 7.44. The molecule has 1 heterocycles. The van der Waals surface area contributed by atoms with Gasteiger partial charge in [0.2, 0.25) is 0 Å². The standard InChI is InChI=1S/C18H20FNO/c1-13(17-11-16(19)8-9-18(17)21)20-10-4-7-14-5-2-3-6-15(14)12-20/h2-3,5-6,8-9,11,13,21H,4,7,10,12H2,1H3. The Morgan fingerprint density at radius 3 is 2.71 bits per heavy atom. The number of phenols is 1. The highest BCUT2D eigenvalue weighted by atomic mass is 19.1. The SMILES string of the molecule is CC(c1cc(F)ccc1O)N1CCCc2ccccc2C1. The number of fused-ring (bicyclic) bond motifs is 1. The van der Waals surface area contributed by atoms with E-state index in [0.717, 1.165) is 25.9 Å². The number of hydrogen-bond acceptors (Lipinski definition) is 2. The lowest BCUT2D eigenvalue weighted by molar-refractivity contribution is 0.201. The van der Waals surface area contributed by atoms with E-state index >= 15 is 0 Å². The molecule has 0 amide bonds. The molecular weight excluding hydrogens is 265 g/mol. The van der Waals surface area contributed by atoms with E-state index in [1.165, 1.54) is 29.3 Å². The van der Waals surface area contributed by atoms with E-state index in [1.54, 1.807) is 0 Å². The highest BCUT2D eigenvalue weighted by Crippen LogP contribution is 2.32. The molecule has 3 rings (SSSR count). The molecule has 1 atom stereocenters. The number of rotatable bonds is 2. The van der Waals surface area contributed by atoms with Gasteiger partial charge in [-0.25, -0.2) is 4.39 Å². The number of phenolic OH excluding ortho intramolecular Hbond substituents is 1. The van der Waals surface area contributed by atoms with E-state index in [1.807, 2.05) is 6.92 Å². The van der Waals surface area contributed by atoms with Crippen LogP contribution in [0, 0.1) is 5.82 Å². The summed E-state index contributed by atoms with van der Waals surface area (Å²) in [4.78, 5) is 2.31. The van der Waals surface area contributed by atoms with Crippen LogP contribution in [0.3, 0.4) is 0 Å². The van der Waals surface area contributed by atoms with E-state index in [-0.39, 0.29) is 17.6 Å². The van der Waals surface area contributed by atoms with Gasteiger partial charge in [0.15, 0.2) is 0 Å². The number of halogens is 1. The van der Waals surface area contributed by atoms with E-state index in [2.05, 4.69) is 29.2 Å². The smallest absolute Gasteiger partial charge is 0.123 e. The Labute approximate surface area is 124 Å². The summed E-state index contributed by atoms with van der Waals surface area (Å²) in [7, 11) is 0. The average molecular weight is 285 g/mol. The van der Waals surface area contributed by atoms with Crippen LogP contribution in [0.15, 0.2) is 42.5 Å². The van der Waals surface area contributed by atoms with Crippen molar-refractivity contribution < 1.29 is 9.50 Å². The summed E-state index contributed by atoms with van der Waals surface area (Å²) in [5, 5.41) is 10.0. The second kappa shape index (κ2) is 5.86.